The second-order valence-electron chi connectivity index (χ2n) is 6.08. The number of hydrogen-bond acceptors (Lipinski definition) is 2. The summed E-state index contributed by atoms with van der Waals surface area (Å²) < 4.78 is 27.6. The third kappa shape index (κ3) is 4.56. The minimum Gasteiger partial charge on any atom is -0.330 e. The van der Waals surface area contributed by atoms with Crippen molar-refractivity contribution in [2.75, 3.05) is 0 Å². The first-order valence-corrected chi connectivity index (χ1v) is 8.34. The molecule has 3 nitrogen and oxygen atoms in total. The number of benzene rings is 3. The molecular formula is C22H16F2N2O. The molecule has 0 aliphatic rings. The molecule has 1 amide bonds. The number of hydrogen-bond donors (Lipinski definition) is 0. The molecule has 0 unspecified atom stereocenters. The van der Waals surface area contributed by atoms with Crippen LogP contribution in [0.5, 0.6) is 0 Å². The van der Waals surface area contributed by atoms with E-state index in [1.807, 2.05) is 6.07 Å². The predicted molar refractivity (Wildman–Crippen MR) is 97.5 cm³/mol. The maximum Gasteiger partial charge on any atom is 0.257 e. The molecule has 0 heterocycles. The first-order valence-electron chi connectivity index (χ1n) is 8.34. The molecule has 0 aliphatic carbocycles. The van der Waals surface area contributed by atoms with Crippen LogP contribution >= 0.6 is 0 Å². The Hall–Kier alpha value is -3.52. The minimum absolute atomic E-state index is 0.0393. The predicted octanol–water partition coefficient (Wildman–Crippen LogP) is 4.68. The molecule has 3 aromatic carbocycles. The van der Waals surface area contributed by atoms with Crippen molar-refractivity contribution in [2.45, 2.75) is 13.1 Å². The van der Waals surface area contributed by atoms with Gasteiger partial charge in [0.15, 0.2) is 0 Å². The van der Waals surface area contributed by atoms with Crippen molar-refractivity contribution < 1.29 is 13.6 Å². The van der Waals surface area contributed by atoms with Gasteiger partial charge in [-0.05, 0) is 47.5 Å². The van der Waals surface area contributed by atoms with Crippen LogP contribution in [0.4, 0.5) is 8.78 Å². The molecule has 3 aromatic rings. The largest absolute Gasteiger partial charge is 0.330 e. The van der Waals surface area contributed by atoms with Crippen molar-refractivity contribution in [2.24, 2.45) is 0 Å². The molecule has 3 rings (SSSR count). The van der Waals surface area contributed by atoms with Gasteiger partial charge in [-0.15, -0.1) is 0 Å². The lowest BCUT2D eigenvalue weighted by Crippen LogP contribution is -2.30. The molecule has 0 bridgehead atoms. The Bertz CT molecular complexity index is 994. The van der Waals surface area contributed by atoms with Gasteiger partial charge in [0, 0.05) is 13.1 Å². The summed E-state index contributed by atoms with van der Waals surface area (Å²) in [6, 6.07) is 20.6. The molecule has 27 heavy (non-hydrogen) atoms. The quantitative estimate of drug-likeness (QED) is 0.661. The van der Waals surface area contributed by atoms with Crippen LogP contribution < -0.4 is 0 Å². The number of carbonyl (C=O) groups excluding carboxylic acids is 1. The molecule has 0 saturated carbocycles. The van der Waals surface area contributed by atoms with Crippen LogP contribution in [-0.2, 0) is 13.1 Å². The number of amides is 1. The van der Waals surface area contributed by atoms with Gasteiger partial charge in [-0.2, -0.15) is 5.26 Å². The highest BCUT2D eigenvalue weighted by atomic mass is 19.1. The third-order valence-electron chi connectivity index (χ3n) is 4.11. The van der Waals surface area contributed by atoms with E-state index in [0.717, 1.165) is 5.56 Å². The van der Waals surface area contributed by atoms with Gasteiger partial charge in [0.2, 0.25) is 0 Å². The van der Waals surface area contributed by atoms with Crippen molar-refractivity contribution in [3.63, 3.8) is 0 Å². The zero-order valence-electron chi connectivity index (χ0n) is 14.4. The highest BCUT2D eigenvalue weighted by Gasteiger charge is 2.20. The number of nitrogens with zero attached hydrogens (tertiary/aromatic N) is 2. The summed E-state index contributed by atoms with van der Waals surface area (Å²) in [5, 5.41) is 8.91. The second-order valence-corrected chi connectivity index (χ2v) is 6.08. The highest BCUT2D eigenvalue weighted by Crippen LogP contribution is 2.17. The van der Waals surface area contributed by atoms with E-state index in [0.29, 0.717) is 11.1 Å². The SMILES string of the molecule is N#Cc1ccc(CN(Cc2cccc(F)c2)C(=O)c2ccccc2F)cc1. The monoisotopic (exact) mass is 362 g/mol. The van der Waals surface area contributed by atoms with Crippen molar-refractivity contribution >= 4 is 5.91 Å². The van der Waals surface area contributed by atoms with Crippen molar-refractivity contribution in [1.29, 1.82) is 5.26 Å². The smallest absolute Gasteiger partial charge is 0.257 e. The fourth-order valence-corrected chi connectivity index (χ4v) is 2.77. The molecule has 0 atom stereocenters. The lowest BCUT2D eigenvalue weighted by atomic mass is 10.1. The Kier molecular flexibility index (Phi) is 5.58. The van der Waals surface area contributed by atoms with Crippen molar-refractivity contribution in [3.8, 4) is 6.07 Å². The molecule has 0 radical (unpaired) electrons. The molecule has 0 N–H and O–H groups in total. The first-order chi connectivity index (χ1) is 13.1. The summed E-state index contributed by atoms with van der Waals surface area (Å²) >= 11 is 0. The van der Waals surface area contributed by atoms with Gasteiger partial charge in [-0.3, -0.25) is 4.79 Å². The van der Waals surface area contributed by atoms with Crippen LogP contribution in [0.1, 0.15) is 27.0 Å². The Labute approximate surface area is 156 Å². The minimum atomic E-state index is -0.605. The van der Waals surface area contributed by atoms with E-state index in [1.54, 1.807) is 42.5 Å². The average molecular weight is 362 g/mol. The van der Waals surface area contributed by atoms with Gasteiger partial charge in [0.05, 0.1) is 17.2 Å². The average Bonchev–Trinajstić information content (AvgIpc) is 2.68. The van der Waals surface area contributed by atoms with Crippen LogP contribution in [0, 0.1) is 23.0 Å². The fraction of sp³-hybridized carbons (Fsp3) is 0.0909. The van der Waals surface area contributed by atoms with Gasteiger partial charge >= 0.3 is 0 Å². The summed E-state index contributed by atoms with van der Waals surface area (Å²) in [6.07, 6.45) is 0. The second kappa shape index (κ2) is 8.24. The van der Waals surface area contributed by atoms with E-state index in [4.69, 9.17) is 5.26 Å². The topological polar surface area (TPSA) is 44.1 Å². The summed E-state index contributed by atoms with van der Waals surface area (Å²) in [7, 11) is 0. The molecule has 0 aromatic heterocycles. The number of rotatable bonds is 5. The maximum atomic E-state index is 14.1. The lowest BCUT2D eigenvalue weighted by Gasteiger charge is -2.23. The molecule has 5 heteroatoms. The molecule has 0 fully saturated rings. The summed E-state index contributed by atoms with van der Waals surface area (Å²) in [4.78, 5) is 14.4. The highest BCUT2D eigenvalue weighted by molar-refractivity contribution is 5.94. The molecule has 0 spiro atoms. The van der Waals surface area contributed by atoms with Crippen LogP contribution in [-0.4, -0.2) is 10.8 Å². The summed E-state index contributed by atoms with van der Waals surface area (Å²) in [5.74, 6) is -1.49. The Morgan fingerprint density at radius 1 is 0.889 bits per heavy atom. The Morgan fingerprint density at radius 3 is 2.26 bits per heavy atom. The van der Waals surface area contributed by atoms with E-state index in [9.17, 15) is 13.6 Å². The maximum absolute atomic E-state index is 14.1. The Balaban J connectivity index is 1.91. The van der Waals surface area contributed by atoms with E-state index in [2.05, 4.69) is 0 Å². The van der Waals surface area contributed by atoms with Crippen molar-refractivity contribution in [3.05, 3.63) is 107 Å². The number of carbonyl (C=O) groups is 1. The first kappa shape index (κ1) is 18.3. The normalized spacial score (nSPS) is 10.3. The zero-order valence-corrected chi connectivity index (χ0v) is 14.4. The van der Waals surface area contributed by atoms with Crippen LogP contribution in [0.25, 0.3) is 0 Å². The van der Waals surface area contributed by atoms with E-state index in [1.165, 1.54) is 35.2 Å². The number of halogens is 2. The molecular weight excluding hydrogens is 346 g/mol. The van der Waals surface area contributed by atoms with Crippen LogP contribution in [0.3, 0.4) is 0 Å². The van der Waals surface area contributed by atoms with Gasteiger partial charge in [0.25, 0.3) is 5.91 Å². The van der Waals surface area contributed by atoms with Gasteiger partial charge in [-0.1, -0.05) is 36.4 Å². The summed E-state index contributed by atoms with van der Waals surface area (Å²) in [5.41, 5.74) is 1.86. The molecule has 0 aliphatic heterocycles. The summed E-state index contributed by atoms with van der Waals surface area (Å²) in [6.45, 7) is 0.334. The molecule has 134 valence electrons. The van der Waals surface area contributed by atoms with Crippen LogP contribution in [0.15, 0.2) is 72.8 Å². The van der Waals surface area contributed by atoms with Crippen molar-refractivity contribution in [1.82, 2.24) is 4.90 Å². The Morgan fingerprint density at radius 2 is 1.59 bits per heavy atom. The van der Waals surface area contributed by atoms with Gasteiger partial charge in [-0.25, -0.2) is 8.78 Å². The van der Waals surface area contributed by atoms with E-state index < -0.39 is 17.5 Å². The van der Waals surface area contributed by atoms with Crippen LogP contribution in [0.2, 0.25) is 0 Å². The zero-order chi connectivity index (χ0) is 19.2. The van der Waals surface area contributed by atoms with Gasteiger partial charge < -0.3 is 4.90 Å². The van der Waals surface area contributed by atoms with E-state index >= 15 is 0 Å². The fourth-order valence-electron chi connectivity index (χ4n) is 2.77. The van der Waals surface area contributed by atoms with Gasteiger partial charge in [0.1, 0.15) is 11.6 Å². The lowest BCUT2D eigenvalue weighted by molar-refractivity contribution is 0.0725. The molecule has 0 saturated heterocycles. The standard InChI is InChI=1S/C22H16F2N2O/c23-19-5-3-4-18(12-19)15-26(14-17-10-8-16(13-25)9-11-17)22(27)20-6-1-2-7-21(20)24/h1-12H,14-15H2. The number of nitriles is 1. The third-order valence-corrected chi connectivity index (χ3v) is 4.11. The van der Waals surface area contributed by atoms with E-state index in [-0.39, 0.29) is 18.7 Å².